The van der Waals surface area contributed by atoms with Crippen LogP contribution in [0.2, 0.25) is 0 Å². The van der Waals surface area contributed by atoms with Crippen LogP contribution >= 0.6 is 0 Å². The van der Waals surface area contributed by atoms with Crippen molar-refractivity contribution in [3.63, 3.8) is 0 Å². The van der Waals surface area contributed by atoms with Crippen molar-refractivity contribution in [3.05, 3.63) is 48.3 Å². The Morgan fingerprint density at radius 1 is 1.31 bits per heavy atom. The van der Waals surface area contributed by atoms with E-state index in [1.807, 2.05) is 6.20 Å². The van der Waals surface area contributed by atoms with E-state index < -0.39 is 0 Å². The van der Waals surface area contributed by atoms with Crippen LogP contribution in [0.15, 0.2) is 36.7 Å². The molecule has 2 rings (SSSR count). The van der Waals surface area contributed by atoms with Gasteiger partial charge in [0, 0.05) is 24.6 Å². The van der Waals surface area contributed by atoms with Crippen molar-refractivity contribution in [2.24, 2.45) is 0 Å². The van der Waals surface area contributed by atoms with Gasteiger partial charge in [-0.3, -0.25) is 0 Å². The molecule has 1 aromatic carbocycles. The molecule has 1 aromatic heterocycles. The molecule has 1 heterocycles. The number of aryl methyl sites for hydroxylation is 1. The Morgan fingerprint density at radius 3 is 2.75 bits per heavy atom. The summed E-state index contributed by atoms with van der Waals surface area (Å²) in [6.07, 6.45) is 3.73. The molecule has 0 saturated carbocycles. The Morgan fingerprint density at radius 2 is 2.06 bits per heavy atom. The molecule has 16 heavy (non-hydrogen) atoms. The van der Waals surface area contributed by atoms with Gasteiger partial charge in [0.05, 0.1) is 6.54 Å². The molecule has 0 aliphatic rings. The molecule has 0 unspecified atom stereocenters. The number of hydrogen-bond donors (Lipinski definition) is 1. The molecule has 0 atom stereocenters. The first kappa shape index (κ1) is 10.7. The molecular formula is C12H14FN3. The van der Waals surface area contributed by atoms with E-state index in [4.69, 9.17) is 0 Å². The largest absolute Gasteiger partial charge is 0.378 e. The molecule has 2 aromatic rings. The smallest absolute Gasteiger partial charge is 0.128 e. The zero-order valence-corrected chi connectivity index (χ0v) is 9.15. The Hall–Kier alpha value is -1.84. The first-order valence-corrected chi connectivity index (χ1v) is 5.29. The lowest BCUT2D eigenvalue weighted by Crippen LogP contribution is -2.07. The first-order valence-electron chi connectivity index (χ1n) is 5.29. The minimum Gasteiger partial charge on any atom is -0.378 e. The molecule has 0 amide bonds. The number of nitrogens with one attached hydrogen (secondary N) is 1. The van der Waals surface area contributed by atoms with Crippen molar-refractivity contribution in [2.75, 3.05) is 5.32 Å². The van der Waals surface area contributed by atoms with Crippen LogP contribution in [-0.2, 0) is 13.1 Å². The zero-order valence-electron chi connectivity index (χ0n) is 9.15. The van der Waals surface area contributed by atoms with Crippen LogP contribution in [0.25, 0.3) is 0 Å². The normalized spacial score (nSPS) is 10.4. The van der Waals surface area contributed by atoms with Crippen molar-refractivity contribution >= 4 is 5.69 Å². The Labute approximate surface area is 93.9 Å². The lowest BCUT2D eigenvalue weighted by molar-refractivity contribution is 0.628. The van der Waals surface area contributed by atoms with Gasteiger partial charge in [0.15, 0.2) is 0 Å². The molecule has 0 spiro atoms. The van der Waals surface area contributed by atoms with Gasteiger partial charge >= 0.3 is 0 Å². The van der Waals surface area contributed by atoms with E-state index in [1.54, 1.807) is 18.3 Å². The van der Waals surface area contributed by atoms with Gasteiger partial charge in [-0.2, -0.15) is 0 Å². The first-order chi connectivity index (χ1) is 7.79. The minimum absolute atomic E-state index is 0.222. The molecule has 0 aliphatic carbocycles. The van der Waals surface area contributed by atoms with Gasteiger partial charge in [-0.05, 0) is 31.2 Å². The van der Waals surface area contributed by atoms with E-state index >= 15 is 0 Å². The highest BCUT2D eigenvalue weighted by molar-refractivity contribution is 5.42. The number of aromatic nitrogens is 2. The molecule has 0 aliphatic heterocycles. The fourth-order valence-corrected chi connectivity index (χ4v) is 1.54. The predicted octanol–water partition coefficient (Wildman–Crippen LogP) is 2.65. The number of hydrogen-bond acceptors (Lipinski definition) is 2. The maximum Gasteiger partial charge on any atom is 0.128 e. The fourth-order valence-electron chi connectivity index (χ4n) is 1.54. The number of imidazole rings is 1. The predicted molar refractivity (Wildman–Crippen MR) is 61.6 cm³/mol. The van der Waals surface area contributed by atoms with Crippen LogP contribution in [0.5, 0.6) is 0 Å². The van der Waals surface area contributed by atoms with Crippen molar-refractivity contribution in [3.8, 4) is 0 Å². The van der Waals surface area contributed by atoms with E-state index in [0.717, 1.165) is 18.1 Å². The van der Waals surface area contributed by atoms with E-state index in [9.17, 15) is 4.39 Å². The highest BCUT2D eigenvalue weighted by Crippen LogP contribution is 2.09. The molecule has 84 valence electrons. The van der Waals surface area contributed by atoms with Gasteiger partial charge in [-0.25, -0.2) is 9.37 Å². The average Bonchev–Trinajstić information content (AvgIpc) is 2.76. The minimum atomic E-state index is -0.222. The highest BCUT2D eigenvalue weighted by Gasteiger charge is 2.00. The van der Waals surface area contributed by atoms with E-state index in [1.165, 1.54) is 12.1 Å². The lowest BCUT2D eigenvalue weighted by Gasteiger charge is -2.07. The van der Waals surface area contributed by atoms with Crippen molar-refractivity contribution < 1.29 is 4.39 Å². The van der Waals surface area contributed by atoms with Crippen LogP contribution in [0.1, 0.15) is 12.7 Å². The second-order valence-electron chi connectivity index (χ2n) is 3.49. The van der Waals surface area contributed by atoms with E-state index in [0.29, 0.717) is 6.54 Å². The Kier molecular flexibility index (Phi) is 3.19. The Bertz CT molecular complexity index is 448. The quantitative estimate of drug-likeness (QED) is 0.856. The number of anilines is 1. The summed E-state index contributed by atoms with van der Waals surface area (Å²) < 4.78 is 14.7. The summed E-state index contributed by atoms with van der Waals surface area (Å²) in [5.74, 6) is 0.757. The highest BCUT2D eigenvalue weighted by atomic mass is 19.1. The van der Waals surface area contributed by atoms with Gasteiger partial charge < -0.3 is 9.88 Å². The fraction of sp³-hybridized carbons (Fsp3) is 0.250. The second kappa shape index (κ2) is 4.79. The maximum absolute atomic E-state index is 12.7. The third kappa shape index (κ3) is 2.39. The van der Waals surface area contributed by atoms with Gasteiger partial charge in [0.2, 0.25) is 0 Å². The summed E-state index contributed by atoms with van der Waals surface area (Å²) in [5.41, 5.74) is 0.895. The summed E-state index contributed by atoms with van der Waals surface area (Å²) in [6, 6.07) is 6.31. The summed E-state index contributed by atoms with van der Waals surface area (Å²) in [6.45, 7) is 3.62. The summed E-state index contributed by atoms with van der Waals surface area (Å²) >= 11 is 0. The summed E-state index contributed by atoms with van der Waals surface area (Å²) in [4.78, 5) is 4.25. The SMILES string of the molecule is CCn1ccnc1CNc1ccc(F)cc1. The van der Waals surface area contributed by atoms with Gasteiger partial charge in [-0.1, -0.05) is 0 Å². The third-order valence-corrected chi connectivity index (χ3v) is 2.44. The van der Waals surface area contributed by atoms with Gasteiger partial charge in [0.25, 0.3) is 0 Å². The van der Waals surface area contributed by atoms with Crippen LogP contribution in [0.4, 0.5) is 10.1 Å². The van der Waals surface area contributed by atoms with E-state index in [-0.39, 0.29) is 5.82 Å². The molecule has 0 saturated heterocycles. The number of rotatable bonds is 4. The average molecular weight is 219 g/mol. The zero-order chi connectivity index (χ0) is 11.4. The second-order valence-corrected chi connectivity index (χ2v) is 3.49. The van der Waals surface area contributed by atoms with Crippen LogP contribution < -0.4 is 5.32 Å². The molecule has 3 nitrogen and oxygen atoms in total. The third-order valence-electron chi connectivity index (χ3n) is 2.44. The molecular weight excluding hydrogens is 205 g/mol. The molecule has 0 radical (unpaired) electrons. The number of halogens is 1. The number of benzene rings is 1. The Balaban J connectivity index is 1.99. The lowest BCUT2D eigenvalue weighted by atomic mass is 10.3. The molecule has 4 heteroatoms. The summed E-state index contributed by atoms with van der Waals surface area (Å²) in [7, 11) is 0. The van der Waals surface area contributed by atoms with Gasteiger partial charge in [0.1, 0.15) is 11.6 Å². The van der Waals surface area contributed by atoms with Crippen LogP contribution in [0.3, 0.4) is 0 Å². The van der Waals surface area contributed by atoms with Crippen molar-refractivity contribution in [2.45, 2.75) is 20.0 Å². The molecule has 0 fully saturated rings. The monoisotopic (exact) mass is 219 g/mol. The number of nitrogens with zero attached hydrogens (tertiary/aromatic N) is 2. The van der Waals surface area contributed by atoms with Crippen LogP contribution in [0, 0.1) is 5.82 Å². The van der Waals surface area contributed by atoms with Crippen molar-refractivity contribution in [1.82, 2.24) is 9.55 Å². The summed E-state index contributed by atoms with van der Waals surface area (Å²) in [5, 5.41) is 3.20. The van der Waals surface area contributed by atoms with Crippen molar-refractivity contribution in [1.29, 1.82) is 0 Å². The standard InChI is InChI=1S/C12H14FN3/c1-2-16-8-7-14-12(16)9-15-11-5-3-10(13)4-6-11/h3-8,15H,2,9H2,1H3. The van der Waals surface area contributed by atoms with Crippen LogP contribution in [-0.4, -0.2) is 9.55 Å². The van der Waals surface area contributed by atoms with E-state index in [2.05, 4.69) is 21.8 Å². The van der Waals surface area contributed by atoms with Gasteiger partial charge in [-0.15, -0.1) is 0 Å². The molecule has 1 N–H and O–H groups in total. The maximum atomic E-state index is 12.7. The molecule has 0 bridgehead atoms. The topological polar surface area (TPSA) is 29.9 Å².